The Bertz CT molecular complexity index is 708. The van der Waals surface area contributed by atoms with Gasteiger partial charge < -0.3 is 15.4 Å². The molecule has 1 aromatic rings. The summed E-state index contributed by atoms with van der Waals surface area (Å²) in [5.41, 5.74) is 0.795. The summed E-state index contributed by atoms with van der Waals surface area (Å²) in [5, 5.41) is 8.25. The van der Waals surface area contributed by atoms with Crippen molar-refractivity contribution in [2.24, 2.45) is 0 Å². The van der Waals surface area contributed by atoms with Crippen LogP contribution in [-0.4, -0.2) is 36.1 Å². The van der Waals surface area contributed by atoms with Crippen LogP contribution in [0.25, 0.3) is 0 Å². The Hall–Kier alpha value is -1.93. The maximum Gasteiger partial charge on any atom is 0.407 e. The van der Waals surface area contributed by atoms with Crippen LogP contribution in [0.2, 0.25) is 5.02 Å². The Labute approximate surface area is 162 Å². The van der Waals surface area contributed by atoms with E-state index in [-0.39, 0.29) is 13.1 Å². The second kappa shape index (κ2) is 8.39. The van der Waals surface area contributed by atoms with Crippen molar-refractivity contribution in [3.05, 3.63) is 34.3 Å². The first kappa shape index (κ1) is 21.4. The third kappa shape index (κ3) is 6.95. The number of benzene rings is 1. The van der Waals surface area contributed by atoms with E-state index in [2.05, 4.69) is 16.0 Å². The van der Waals surface area contributed by atoms with E-state index in [9.17, 15) is 18.4 Å². The fraction of sp³-hybridized carbons (Fsp3) is 0.556. The zero-order valence-corrected chi connectivity index (χ0v) is 16.3. The Morgan fingerprint density at radius 2 is 1.93 bits per heavy atom. The molecule has 9 heteroatoms. The summed E-state index contributed by atoms with van der Waals surface area (Å²) in [4.78, 5) is 23.9. The Balaban J connectivity index is 1.95. The van der Waals surface area contributed by atoms with E-state index in [0.717, 1.165) is 5.56 Å². The lowest BCUT2D eigenvalue weighted by Crippen LogP contribution is -2.40. The molecule has 3 N–H and O–H groups in total. The normalized spacial score (nSPS) is 18.8. The zero-order chi connectivity index (χ0) is 20.2. The molecule has 1 aromatic carbocycles. The van der Waals surface area contributed by atoms with Gasteiger partial charge in [-0.1, -0.05) is 17.7 Å². The second-order valence-electron chi connectivity index (χ2n) is 7.48. The van der Waals surface area contributed by atoms with Crippen molar-refractivity contribution in [3.63, 3.8) is 0 Å². The van der Waals surface area contributed by atoms with Gasteiger partial charge in [-0.15, -0.1) is 0 Å². The fourth-order valence-electron chi connectivity index (χ4n) is 2.62. The SMILES string of the molecule is CC(C)(C)OC(=O)NCc1ccc(Cl)cc1CNC(=O)[C@@H]1CC(F)(F)CN1. The van der Waals surface area contributed by atoms with Gasteiger partial charge in [0.15, 0.2) is 0 Å². The highest BCUT2D eigenvalue weighted by Crippen LogP contribution is 2.25. The van der Waals surface area contributed by atoms with E-state index in [1.54, 1.807) is 39.0 Å². The second-order valence-corrected chi connectivity index (χ2v) is 7.92. The van der Waals surface area contributed by atoms with Gasteiger partial charge in [-0.05, 0) is 44.0 Å². The van der Waals surface area contributed by atoms with Gasteiger partial charge in [0.1, 0.15) is 5.60 Å². The van der Waals surface area contributed by atoms with Crippen molar-refractivity contribution >= 4 is 23.6 Å². The van der Waals surface area contributed by atoms with Crippen LogP contribution in [0, 0.1) is 0 Å². The van der Waals surface area contributed by atoms with Crippen LogP contribution in [0.15, 0.2) is 18.2 Å². The molecular formula is C18H24ClF2N3O3. The van der Waals surface area contributed by atoms with E-state index in [4.69, 9.17) is 16.3 Å². The molecule has 1 aliphatic rings. The monoisotopic (exact) mass is 403 g/mol. The third-order valence-corrected chi connectivity index (χ3v) is 4.10. The van der Waals surface area contributed by atoms with E-state index in [0.29, 0.717) is 10.6 Å². The first-order chi connectivity index (χ1) is 12.5. The van der Waals surface area contributed by atoms with Crippen molar-refractivity contribution in [2.75, 3.05) is 6.54 Å². The predicted molar refractivity (Wildman–Crippen MR) is 97.7 cm³/mol. The maximum absolute atomic E-state index is 13.2. The molecule has 1 saturated heterocycles. The van der Waals surface area contributed by atoms with Crippen molar-refractivity contribution in [1.29, 1.82) is 0 Å². The van der Waals surface area contributed by atoms with Crippen molar-refractivity contribution in [2.45, 2.75) is 57.8 Å². The number of rotatable bonds is 5. The number of alkyl halides is 2. The number of amides is 2. The lowest BCUT2D eigenvalue weighted by molar-refractivity contribution is -0.123. The number of halogens is 3. The van der Waals surface area contributed by atoms with Gasteiger partial charge in [-0.3, -0.25) is 10.1 Å². The standard InChI is InChI=1S/C18H24ClF2N3O3/c1-17(2,3)27-16(26)23-8-11-4-5-13(19)6-12(11)9-22-15(25)14-7-18(20,21)10-24-14/h4-6,14,24H,7-10H2,1-3H3,(H,22,25)(H,23,26)/t14-/m0/s1. The maximum atomic E-state index is 13.2. The number of hydrogen-bond donors (Lipinski definition) is 3. The first-order valence-corrected chi connectivity index (χ1v) is 8.96. The highest BCUT2D eigenvalue weighted by Gasteiger charge is 2.42. The molecule has 1 fully saturated rings. The van der Waals surface area contributed by atoms with Crippen LogP contribution in [0.3, 0.4) is 0 Å². The molecule has 1 aliphatic heterocycles. The minimum Gasteiger partial charge on any atom is -0.444 e. The highest BCUT2D eigenvalue weighted by molar-refractivity contribution is 6.30. The number of carbonyl (C=O) groups is 2. The summed E-state index contributed by atoms with van der Waals surface area (Å²) in [5.74, 6) is -3.38. The summed E-state index contributed by atoms with van der Waals surface area (Å²) in [6.07, 6.45) is -1.09. The molecule has 0 aromatic heterocycles. The van der Waals surface area contributed by atoms with Gasteiger partial charge in [0.05, 0.1) is 12.6 Å². The summed E-state index contributed by atoms with van der Waals surface area (Å²) in [7, 11) is 0. The molecule has 27 heavy (non-hydrogen) atoms. The molecule has 1 heterocycles. The molecule has 0 radical (unpaired) electrons. The topological polar surface area (TPSA) is 79.5 Å². The van der Waals surface area contributed by atoms with E-state index in [1.165, 1.54) is 0 Å². The molecule has 0 unspecified atom stereocenters. The first-order valence-electron chi connectivity index (χ1n) is 8.58. The highest BCUT2D eigenvalue weighted by atomic mass is 35.5. The molecule has 0 bridgehead atoms. The van der Waals surface area contributed by atoms with Crippen molar-refractivity contribution in [1.82, 2.24) is 16.0 Å². The van der Waals surface area contributed by atoms with Gasteiger partial charge in [0.2, 0.25) is 5.91 Å². The van der Waals surface area contributed by atoms with E-state index in [1.807, 2.05) is 0 Å². The van der Waals surface area contributed by atoms with Gasteiger partial charge in [0.25, 0.3) is 5.92 Å². The molecule has 2 amide bonds. The predicted octanol–water partition coefficient (Wildman–Crippen LogP) is 2.98. The van der Waals surface area contributed by atoms with Gasteiger partial charge in [0, 0.05) is 24.5 Å². The number of alkyl carbamates (subject to hydrolysis) is 1. The van der Waals surface area contributed by atoms with E-state index < -0.39 is 42.5 Å². The lowest BCUT2D eigenvalue weighted by Gasteiger charge is -2.20. The van der Waals surface area contributed by atoms with Gasteiger partial charge in [-0.2, -0.15) is 0 Å². The quantitative estimate of drug-likeness (QED) is 0.706. The minimum absolute atomic E-state index is 0.106. The van der Waals surface area contributed by atoms with Crippen LogP contribution >= 0.6 is 11.6 Å². The number of hydrogen-bond acceptors (Lipinski definition) is 4. The molecule has 150 valence electrons. The lowest BCUT2D eigenvalue weighted by atomic mass is 10.1. The number of nitrogens with one attached hydrogen (secondary N) is 3. The van der Waals surface area contributed by atoms with Crippen LogP contribution in [0.1, 0.15) is 38.3 Å². The molecule has 1 atom stereocenters. The van der Waals surface area contributed by atoms with Crippen LogP contribution in [0.5, 0.6) is 0 Å². The van der Waals surface area contributed by atoms with Crippen LogP contribution in [-0.2, 0) is 22.6 Å². The summed E-state index contributed by atoms with van der Waals surface area (Å²) in [6, 6.07) is 4.12. The third-order valence-electron chi connectivity index (χ3n) is 3.87. The largest absolute Gasteiger partial charge is 0.444 e. The number of carbonyl (C=O) groups excluding carboxylic acids is 2. The summed E-state index contributed by atoms with van der Waals surface area (Å²) >= 11 is 6.01. The van der Waals surface area contributed by atoms with Crippen LogP contribution in [0.4, 0.5) is 13.6 Å². The zero-order valence-electron chi connectivity index (χ0n) is 15.5. The smallest absolute Gasteiger partial charge is 0.407 e. The molecular weight excluding hydrogens is 380 g/mol. The Kier molecular flexibility index (Phi) is 6.64. The Morgan fingerprint density at radius 1 is 1.26 bits per heavy atom. The average Bonchev–Trinajstić information content (AvgIpc) is 2.90. The van der Waals surface area contributed by atoms with Crippen LogP contribution < -0.4 is 16.0 Å². The number of ether oxygens (including phenoxy) is 1. The van der Waals surface area contributed by atoms with Crippen molar-refractivity contribution in [3.8, 4) is 0 Å². The molecule has 0 aliphatic carbocycles. The summed E-state index contributed by atoms with van der Waals surface area (Å²) in [6.45, 7) is 5.06. The Morgan fingerprint density at radius 3 is 2.52 bits per heavy atom. The van der Waals surface area contributed by atoms with Gasteiger partial charge in [-0.25, -0.2) is 13.6 Å². The average molecular weight is 404 g/mol. The molecule has 0 spiro atoms. The molecule has 0 saturated carbocycles. The van der Waals surface area contributed by atoms with E-state index >= 15 is 0 Å². The molecule has 2 rings (SSSR count). The minimum atomic E-state index is -2.87. The molecule has 6 nitrogen and oxygen atoms in total. The summed E-state index contributed by atoms with van der Waals surface area (Å²) < 4.78 is 31.6. The van der Waals surface area contributed by atoms with Gasteiger partial charge >= 0.3 is 6.09 Å². The fourth-order valence-corrected chi connectivity index (χ4v) is 2.81. The van der Waals surface area contributed by atoms with Crippen molar-refractivity contribution < 1.29 is 23.1 Å².